The first-order valence-electron chi connectivity index (χ1n) is 9.62. The van der Waals surface area contributed by atoms with Crippen molar-refractivity contribution in [3.05, 3.63) is 64.1 Å². The first-order chi connectivity index (χ1) is 14.2. The Labute approximate surface area is 185 Å². The number of nitrogens with zero attached hydrogens (tertiary/aromatic N) is 1. The summed E-state index contributed by atoms with van der Waals surface area (Å²) >= 11 is 6.28. The second-order valence-electron chi connectivity index (χ2n) is 8.30. The van der Waals surface area contributed by atoms with Crippen LogP contribution in [-0.4, -0.2) is 22.7 Å². The predicted octanol–water partition coefficient (Wildman–Crippen LogP) is 4.40. The smallest absolute Gasteiger partial charge is 0.265 e. The highest BCUT2D eigenvalue weighted by molar-refractivity contribution is 8.26. The molecule has 30 heavy (non-hydrogen) atoms. The average Bonchev–Trinajstić information content (AvgIpc) is 3.00. The van der Waals surface area contributed by atoms with Gasteiger partial charge in [-0.3, -0.25) is 9.59 Å². The number of benzene rings is 2. The van der Waals surface area contributed by atoms with Crippen LogP contribution in [0.2, 0.25) is 0 Å². The molecule has 0 bridgehead atoms. The first-order valence-corrected chi connectivity index (χ1v) is 10.8. The highest BCUT2D eigenvalue weighted by Crippen LogP contribution is 2.36. The fourth-order valence-electron chi connectivity index (χ4n) is 3.37. The van der Waals surface area contributed by atoms with E-state index < -0.39 is 0 Å². The Morgan fingerprint density at radius 1 is 1.20 bits per heavy atom. The highest BCUT2D eigenvalue weighted by atomic mass is 32.2. The normalized spacial score (nSPS) is 17.8. The van der Waals surface area contributed by atoms with Crippen LogP contribution in [0.15, 0.2) is 47.4 Å². The lowest BCUT2D eigenvalue weighted by atomic mass is 9.86. The molecule has 5 nitrogen and oxygen atoms in total. The fraction of sp³-hybridized carbons (Fsp3) is 0.261. The summed E-state index contributed by atoms with van der Waals surface area (Å²) < 4.78 is 6.07. The van der Waals surface area contributed by atoms with Crippen molar-refractivity contribution in [2.24, 2.45) is 0 Å². The van der Waals surface area contributed by atoms with E-state index in [0.717, 1.165) is 11.1 Å². The fourth-order valence-corrected chi connectivity index (χ4v) is 4.42. The number of thiocarbonyl (C=S) groups is 1. The number of anilines is 1. The van der Waals surface area contributed by atoms with Gasteiger partial charge in [-0.05, 0) is 40.3 Å². The van der Waals surface area contributed by atoms with E-state index in [0.29, 0.717) is 27.2 Å². The van der Waals surface area contributed by atoms with Gasteiger partial charge in [-0.1, -0.05) is 75.1 Å². The number of thioether (sulfide) groups is 1. The molecule has 2 aliphatic rings. The molecule has 2 aliphatic heterocycles. The second kappa shape index (κ2) is 7.89. The van der Waals surface area contributed by atoms with Crippen LogP contribution in [0.5, 0.6) is 5.75 Å². The van der Waals surface area contributed by atoms with Gasteiger partial charge >= 0.3 is 0 Å². The predicted molar refractivity (Wildman–Crippen MR) is 125 cm³/mol. The molecular weight excluding hydrogens is 416 g/mol. The van der Waals surface area contributed by atoms with Crippen molar-refractivity contribution in [2.45, 2.75) is 32.7 Å². The van der Waals surface area contributed by atoms with Crippen molar-refractivity contribution >= 4 is 51.9 Å². The van der Waals surface area contributed by atoms with Gasteiger partial charge in [0, 0.05) is 0 Å². The van der Waals surface area contributed by atoms with Crippen molar-refractivity contribution in [3.63, 3.8) is 0 Å². The van der Waals surface area contributed by atoms with Gasteiger partial charge < -0.3 is 15.0 Å². The minimum absolute atomic E-state index is 0.0128. The Morgan fingerprint density at radius 2 is 2.00 bits per heavy atom. The van der Waals surface area contributed by atoms with E-state index in [1.807, 2.05) is 30.3 Å². The van der Waals surface area contributed by atoms with E-state index in [9.17, 15) is 9.59 Å². The summed E-state index contributed by atoms with van der Waals surface area (Å²) in [6, 6.07) is 13.9. The van der Waals surface area contributed by atoms with Gasteiger partial charge in [-0.2, -0.15) is 0 Å². The quantitative estimate of drug-likeness (QED) is 0.569. The van der Waals surface area contributed by atoms with Gasteiger partial charge in [0.15, 0.2) is 6.61 Å². The zero-order valence-corrected chi connectivity index (χ0v) is 18.7. The van der Waals surface area contributed by atoms with E-state index in [1.54, 1.807) is 11.0 Å². The molecular formula is C23H22N2O3S2. The number of rotatable bonds is 3. The van der Waals surface area contributed by atoms with Gasteiger partial charge in [0.2, 0.25) is 0 Å². The van der Waals surface area contributed by atoms with Crippen LogP contribution < -0.4 is 15.0 Å². The molecule has 0 aromatic heterocycles. The topological polar surface area (TPSA) is 58.6 Å². The minimum atomic E-state index is -0.203. The molecule has 1 N–H and O–H groups in total. The van der Waals surface area contributed by atoms with E-state index >= 15 is 0 Å². The molecule has 0 spiro atoms. The molecule has 0 radical (unpaired) electrons. The number of hydrogen-bond donors (Lipinski definition) is 1. The van der Waals surface area contributed by atoms with E-state index in [-0.39, 0.29) is 23.8 Å². The Hall–Kier alpha value is -2.64. The maximum Gasteiger partial charge on any atom is 0.265 e. The van der Waals surface area contributed by atoms with Gasteiger partial charge in [0.05, 0.1) is 17.1 Å². The molecule has 0 unspecified atom stereocenters. The summed E-state index contributed by atoms with van der Waals surface area (Å²) in [5.74, 6) is 0.358. The Kier molecular flexibility index (Phi) is 5.42. The first kappa shape index (κ1) is 20.6. The zero-order chi connectivity index (χ0) is 21.5. The third-order valence-electron chi connectivity index (χ3n) is 5.00. The zero-order valence-electron chi connectivity index (χ0n) is 17.0. The summed E-state index contributed by atoms with van der Waals surface area (Å²) in [5.41, 5.74) is 3.82. The van der Waals surface area contributed by atoms with Crippen molar-refractivity contribution in [2.75, 3.05) is 11.5 Å². The molecule has 2 aromatic rings. The number of hydrogen-bond acceptors (Lipinski definition) is 5. The van der Waals surface area contributed by atoms with E-state index in [2.05, 4.69) is 38.2 Å². The highest BCUT2D eigenvalue weighted by Gasteiger charge is 2.27. The van der Waals surface area contributed by atoms with Crippen LogP contribution in [0.3, 0.4) is 0 Å². The Morgan fingerprint density at radius 3 is 2.70 bits per heavy atom. The minimum Gasteiger partial charge on any atom is -0.482 e. The number of amides is 2. The SMILES string of the molecule is CC(C)(C)c1cccc(CN2C(=O)COc3ccc(/C=C4/SC(=S)NC4=O)cc32)c1. The molecule has 154 valence electrons. The van der Waals surface area contributed by atoms with Gasteiger partial charge in [0.25, 0.3) is 11.8 Å². The summed E-state index contributed by atoms with van der Waals surface area (Å²) in [7, 11) is 0. The number of ether oxygens (including phenoxy) is 1. The summed E-state index contributed by atoms with van der Waals surface area (Å²) in [6.45, 7) is 6.98. The molecule has 2 aromatic carbocycles. The number of fused-ring (bicyclic) bond motifs is 1. The molecule has 2 amide bonds. The van der Waals surface area contributed by atoms with Crippen LogP contribution in [-0.2, 0) is 21.5 Å². The van der Waals surface area contributed by atoms with Gasteiger partial charge in [-0.25, -0.2) is 0 Å². The van der Waals surface area contributed by atoms with Crippen LogP contribution in [0.1, 0.15) is 37.5 Å². The molecule has 1 fully saturated rings. The van der Waals surface area contributed by atoms with E-state index in [4.69, 9.17) is 17.0 Å². The third kappa shape index (κ3) is 4.27. The Bertz CT molecular complexity index is 1090. The standard InChI is InChI=1S/C23H22N2O3S2/c1-23(2,3)16-6-4-5-15(9-16)12-25-17-10-14(7-8-18(17)28-13-20(25)26)11-19-21(27)24-22(29)30-19/h4-11H,12-13H2,1-3H3,(H,24,27,29)/b19-11+. The van der Waals surface area contributed by atoms with Crippen molar-refractivity contribution in [1.29, 1.82) is 0 Å². The van der Waals surface area contributed by atoms with Crippen molar-refractivity contribution in [3.8, 4) is 5.75 Å². The average molecular weight is 439 g/mol. The molecule has 7 heteroatoms. The van der Waals surface area contributed by atoms with Crippen LogP contribution in [0, 0.1) is 0 Å². The van der Waals surface area contributed by atoms with Crippen LogP contribution >= 0.6 is 24.0 Å². The third-order valence-corrected chi connectivity index (χ3v) is 6.16. The van der Waals surface area contributed by atoms with E-state index in [1.165, 1.54) is 17.3 Å². The maximum absolute atomic E-state index is 12.7. The summed E-state index contributed by atoms with van der Waals surface area (Å²) in [5, 5.41) is 2.61. The molecule has 4 rings (SSSR count). The van der Waals surface area contributed by atoms with Crippen molar-refractivity contribution < 1.29 is 14.3 Å². The number of nitrogens with one attached hydrogen (secondary N) is 1. The number of carbonyl (C=O) groups excluding carboxylic acids is 2. The molecule has 0 atom stereocenters. The molecule has 0 aliphatic carbocycles. The lowest BCUT2D eigenvalue weighted by molar-refractivity contribution is -0.121. The summed E-state index contributed by atoms with van der Waals surface area (Å²) in [6.07, 6.45) is 1.77. The lowest BCUT2D eigenvalue weighted by Gasteiger charge is -2.30. The monoisotopic (exact) mass is 438 g/mol. The molecule has 0 saturated carbocycles. The maximum atomic E-state index is 12.7. The largest absolute Gasteiger partial charge is 0.482 e. The second-order valence-corrected chi connectivity index (χ2v) is 10.0. The summed E-state index contributed by atoms with van der Waals surface area (Å²) in [4.78, 5) is 26.9. The molecule has 2 heterocycles. The van der Waals surface area contributed by atoms with Crippen LogP contribution in [0.25, 0.3) is 6.08 Å². The number of carbonyl (C=O) groups is 2. The lowest BCUT2D eigenvalue weighted by Crippen LogP contribution is -2.38. The Balaban J connectivity index is 1.67. The van der Waals surface area contributed by atoms with Crippen molar-refractivity contribution in [1.82, 2.24) is 5.32 Å². The van der Waals surface area contributed by atoms with Crippen LogP contribution in [0.4, 0.5) is 5.69 Å². The van der Waals surface area contributed by atoms with Gasteiger partial charge in [0.1, 0.15) is 10.1 Å². The van der Waals surface area contributed by atoms with Gasteiger partial charge in [-0.15, -0.1) is 0 Å². The molecule has 1 saturated heterocycles.